The van der Waals surface area contributed by atoms with Crippen LogP contribution >= 0.6 is 11.6 Å². The Labute approximate surface area is 121 Å². The van der Waals surface area contributed by atoms with E-state index in [1.54, 1.807) is 30.3 Å². The van der Waals surface area contributed by atoms with Gasteiger partial charge >= 0.3 is 6.03 Å². The first-order chi connectivity index (χ1) is 9.65. The minimum atomic E-state index is -0.353. The van der Waals surface area contributed by atoms with E-state index in [2.05, 4.69) is 10.6 Å². The van der Waals surface area contributed by atoms with Gasteiger partial charge < -0.3 is 10.6 Å². The van der Waals surface area contributed by atoms with Gasteiger partial charge in [-0.05, 0) is 23.8 Å². The number of halogens is 2. The molecular formula is C15H14ClFN2O. The molecule has 0 aromatic heterocycles. The third-order valence-electron chi connectivity index (χ3n) is 2.74. The summed E-state index contributed by atoms with van der Waals surface area (Å²) in [6.07, 6.45) is 0. The lowest BCUT2D eigenvalue weighted by molar-refractivity contribution is 0.240. The Morgan fingerprint density at radius 2 is 1.80 bits per heavy atom. The van der Waals surface area contributed by atoms with Crippen LogP contribution in [0.25, 0.3) is 0 Å². The molecule has 0 spiro atoms. The van der Waals surface area contributed by atoms with Crippen molar-refractivity contribution in [1.29, 1.82) is 0 Å². The lowest BCUT2D eigenvalue weighted by Crippen LogP contribution is -2.34. The van der Waals surface area contributed by atoms with Crippen LogP contribution in [0.4, 0.5) is 9.18 Å². The van der Waals surface area contributed by atoms with Gasteiger partial charge in [0.05, 0.1) is 0 Å². The number of amides is 2. The van der Waals surface area contributed by atoms with E-state index < -0.39 is 0 Å². The molecule has 2 amide bonds. The molecule has 0 heterocycles. The molecule has 0 atom stereocenters. The van der Waals surface area contributed by atoms with E-state index in [1.807, 2.05) is 12.1 Å². The Balaban J connectivity index is 1.80. The van der Waals surface area contributed by atoms with E-state index in [-0.39, 0.29) is 18.4 Å². The Kier molecular flexibility index (Phi) is 4.96. The second-order valence-corrected chi connectivity index (χ2v) is 4.69. The molecule has 5 heteroatoms. The molecule has 0 saturated heterocycles. The van der Waals surface area contributed by atoms with Gasteiger partial charge in [0.1, 0.15) is 5.82 Å². The van der Waals surface area contributed by atoms with E-state index in [4.69, 9.17) is 11.6 Å². The van der Waals surface area contributed by atoms with Crippen LogP contribution < -0.4 is 10.6 Å². The molecule has 0 radical (unpaired) electrons. The Morgan fingerprint density at radius 1 is 1.05 bits per heavy atom. The molecule has 104 valence electrons. The first kappa shape index (κ1) is 14.3. The summed E-state index contributed by atoms with van der Waals surface area (Å²) in [4.78, 5) is 11.6. The average molecular weight is 293 g/mol. The van der Waals surface area contributed by atoms with Gasteiger partial charge in [-0.2, -0.15) is 0 Å². The molecule has 0 aliphatic heterocycles. The van der Waals surface area contributed by atoms with E-state index in [0.29, 0.717) is 17.1 Å². The molecule has 0 unspecified atom stereocenters. The lowest BCUT2D eigenvalue weighted by Gasteiger charge is -2.08. The van der Waals surface area contributed by atoms with Crippen molar-refractivity contribution >= 4 is 17.6 Å². The fourth-order valence-corrected chi connectivity index (χ4v) is 1.92. The van der Waals surface area contributed by atoms with Gasteiger partial charge in [0.2, 0.25) is 0 Å². The molecule has 2 rings (SSSR count). The highest BCUT2D eigenvalue weighted by Gasteiger charge is 2.04. The van der Waals surface area contributed by atoms with Gasteiger partial charge in [-0.3, -0.25) is 0 Å². The standard InChI is InChI=1S/C15H14ClFN2O/c16-13-6-3-4-11(8-13)9-18-15(20)19-10-12-5-1-2-7-14(12)17/h1-8H,9-10H2,(H2,18,19,20). The lowest BCUT2D eigenvalue weighted by atomic mass is 10.2. The Bertz CT molecular complexity index is 604. The van der Waals surface area contributed by atoms with Crippen LogP contribution in [0.3, 0.4) is 0 Å². The molecule has 2 aromatic carbocycles. The third-order valence-corrected chi connectivity index (χ3v) is 2.97. The van der Waals surface area contributed by atoms with Gasteiger partial charge in [0.25, 0.3) is 0 Å². The van der Waals surface area contributed by atoms with Crippen LogP contribution in [0.1, 0.15) is 11.1 Å². The number of benzene rings is 2. The molecule has 20 heavy (non-hydrogen) atoms. The van der Waals surface area contributed by atoms with Gasteiger partial charge in [0, 0.05) is 23.7 Å². The highest BCUT2D eigenvalue weighted by atomic mass is 35.5. The number of carbonyl (C=O) groups is 1. The predicted octanol–water partition coefficient (Wildman–Crippen LogP) is 3.48. The first-order valence-corrected chi connectivity index (χ1v) is 6.52. The maximum Gasteiger partial charge on any atom is 0.315 e. The van der Waals surface area contributed by atoms with Crippen molar-refractivity contribution in [2.24, 2.45) is 0 Å². The summed E-state index contributed by atoms with van der Waals surface area (Å²) in [6, 6.07) is 13.2. The summed E-state index contributed by atoms with van der Waals surface area (Å²) in [7, 11) is 0. The first-order valence-electron chi connectivity index (χ1n) is 6.15. The van der Waals surface area contributed by atoms with E-state index in [9.17, 15) is 9.18 Å². The smallest absolute Gasteiger partial charge is 0.315 e. The number of hydrogen-bond donors (Lipinski definition) is 2. The largest absolute Gasteiger partial charge is 0.334 e. The summed E-state index contributed by atoms with van der Waals surface area (Å²) in [6.45, 7) is 0.512. The van der Waals surface area contributed by atoms with Crippen molar-refractivity contribution in [3.05, 3.63) is 70.5 Å². The van der Waals surface area contributed by atoms with Crippen molar-refractivity contribution in [3.8, 4) is 0 Å². The minimum Gasteiger partial charge on any atom is -0.334 e. The van der Waals surface area contributed by atoms with Crippen LogP contribution in [-0.2, 0) is 13.1 Å². The van der Waals surface area contributed by atoms with Crippen molar-refractivity contribution in [2.45, 2.75) is 13.1 Å². The number of rotatable bonds is 4. The minimum absolute atomic E-state index is 0.147. The monoisotopic (exact) mass is 292 g/mol. The van der Waals surface area contributed by atoms with Crippen molar-refractivity contribution in [2.75, 3.05) is 0 Å². The number of nitrogens with one attached hydrogen (secondary N) is 2. The molecule has 0 fully saturated rings. The molecule has 0 bridgehead atoms. The van der Waals surface area contributed by atoms with E-state index >= 15 is 0 Å². The summed E-state index contributed by atoms with van der Waals surface area (Å²) in [5, 5.41) is 5.91. The Morgan fingerprint density at radius 3 is 2.55 bits per heavy atom. The predicted molar refractivity (Wildman–Crippen MR) is 76.9 cm³/mol. The fraction of sp³-hybridized carbons (Fsp3) is 0.133. The molecule has 2 N–H and O–H groups in total. The van der Waals surface area contributed by atoms with Crippen molar-refractivity contribution in [3.63, 3.8) is 0 Å². The third kappa shape index (κ3) is 4.24. The van der Waals surface area contributed by atoms with Crippen LogP contribution in [0, 0.1) is 5.82 Å². The van der Waals surface area contributed by atoms with Crippen molar-refractivity contribution < 1.29 is 9.18 Å². The quantitative estimate of drug-likeness (QED) is 0.890. The van der Waals surface area contributed by atoms with E-state index in [1.165, 1.54) is 6.07 Å². The van der Waals surface area contributed by atoms with Crippen LogP contribution in [0.15, 0.2) is 48.5 Å². The topological polar surface area (TPSA) is 41.1 Å². The van der Waals surface area contributed by atoms with Crippen LogP contribution in [-0.4, -0.2) is 6.03 Å². The fourth-order valence-electron chi connectivity index (χ4n) is 1.71. The summed E-state index contributed by atoms with van der Waals surface area (Å²) >= 11 is 5.85. The molecule has 2 aromatic rings. The van der Waals surface area contributed by atoms with Gasteiger partial charge in [0.15, 0.2) is 0 Å². The van der Waals surface area contributed by atoms with Crippen LogP contribution in [0.5, 0.6) is 0 Å². The molecule has 0 aliphatic carbocycles. The summed E-state index contributed by atoms with van der Waals surface area (Å²) < 4.78 is 13.3. The second kappa shape index (κ2) is 6.91. The maximum absolute atomic E-state index is 13.3. The maximum atomic E-state index is 13.3. The zero-order valence-electron chi connectivity index (χ0n) is 10.7. The molecule has 3 nitrogen and oxygen atoms in total. The SMILES string of the molecule is O=C(NCc1cccc(Cl)c1)NCc1ccccc1F. The highest BCUT2D eigenvalue weighted by Crippen LogP contribution is 2.10. The normalized spacial score (nSPS) is 10.1. The van der Waals surface area contributed by atoms with E-state index in [0.717, 1.165) is 5.56 Å². The second-order valence-electron chi connectivity index (χ2n) is 4.26. The van der Waals surface area contributed by atoms with Gasteiger partial charge in [-0.25, -0.2) is 9.18 Å². The average Bonchev–Trinajstić information content (AvgIpc) is 2.44. The van der Waals surface area contributed by atoms with Crippen molar-refractivity contribution in [1.82, 2.24) is 10.6 Å². The van der Waals surface area contributed by atoms with Crippen LogP contribution in [0.2, 0.25) is 5.02 Å². The summed E-state index contributed by atoms with van der Waals surface area (Å²) in [5.74, 6) is -0.331. The van der Waals surface area contributed by atoms with Gasteiger partial charge in [-0.1, -0.05) is 41.9 Å². The van der Waals surface area contributed by atoms with Gasteiger partial charge in [-0.15, -0.1) is 0 Å². The zero-order chi connectivity index (χ0) is 14.4. The molecule has 0 aliphatic rings. The number of carbonyl (C=O) groups excluding carboxylic acids is 1. The summed E-state index contributed by atoms with van der Waals surface area (Å²) in [5.41, 5.74) is 1.35. The molecular weight excluding hydrogens is 279 g/mol. The Hall–Kier alpha value is -2.07. The molecule has 0 saturated carbocycles. The number of hydrogen-bond acceptors (Lipinski definition) is 1. The zero-order valence-corrected chi connectivity index (χ0v) is 11.5. The highest BCUT2D eigenvalue weighted by molar-refractivity contribution is 6.30. The number of urea groups is 1.